The van der Waals surface area contributed by atoms with Crippen LogP contribution in [0, 0.1) is 5.82 Å². The molecule has 3 nitrogen and oxygen atoms in total. The lowest BCUT2D eigenvalue weighted by atomic mass is 9.74. The number of hydrogen-bond acceptors (Lipinski definition) is 3. The summed E-state index contributed by atoms with van der Waals surface area (Å²) in [5.74, 6) is 0.250. The van der Waals surface area contributed by atoms with Crippen molar-refractivity contribution in [1.82, 2.24) is 0 Å². The summed E-state index contributed by atoms with van der Waals surface area (Å²) >= 11 is 0. The van der Waals surface area contributed by atoms with E-state index in [0.29, 0.717) is 11.2 Å². The summed E-state index contributed by atoms with van der Waals surface area (Å²) in [6.07, 6.45) is 0.868. The van der Waals surface area contributed by atoms with Crippen molar-refractivity contribution in [3.8, 4) is 5.75 Å². The van der Waals surface area contributed by atoms with Crippen LogP contribution in [0.4, 0.5) is 4.39 Å². The van der Waals surface area contributed by atoms with Crippen molar-refractivity contribution < 1.29 is 18.4 Å². The maximum Gasteiger partial charge on any atom is 0.498 e. The third kappa shape index (κ3) is 2.84. The van der Waals surface area contributed by atoms with Crippen LogP contribution in [0.2, 0.25) is 0 Å². The Morgan fingerprint density at radius 2 is 2.17 bits per heavy atom. The Bertz CT molecular complexity index is 436. The predicted octanol–water partition coefficient (Wildman–Crippen LogP) is 2.13. The van der Waals surface area contributed by atoms with Crippen molar-refractivity contribution in [2.75, 3.05) is 7.11 Å². The van der Waals surface area contributed by atoms with Gasteiger partial charge in [0.25, 0.3) is 0 Å². The number of methoxy groups -OCH3 is 1. The molecule has 18 heavy (non-hydrogen) atoms. The van der Waals surface area contributed by atoms with Gasteiger partial charge in [-0.15, -0.1) is 0 Å². The molecule has 1 aromatic rings. The van der Waals surface area contributed by atoms with Crippen LogP contribution >= 0.6 is 0 Å². The standard InChI is InChI=1S/C13H18BFO3/c1-9-8-13(2,3)18-14(17-9)11-7-10(15)5-6-12(11)16-4/h5-7,9H,8H2,1-4H3/t9-/m1/s1. The van der Waals surface area contributed by atoms with E-state index in [-0.39, 0.29) is 17.5 Å². The zero-order valence-electron chi connectivity index (χ0n) is 11.2. The molecular formula is C13H18BFO3. The van der Waals surface area contributed by atoms with Gasteiger partial charge in [-0.05, 0) is 45.4 Å². The van der Waals surface area contributed by atoms with Crippen LogP contribution in [0.3, 0.4) is 0 Å². The van der Waals surface area contributed by atoms with Gasteiger partial charge in [-0.1, -0.05) is 0 Å². The van der Waals surface area contributed by atoms with E-state index in [9.17, 15) is 4.39 Å². The molecule has 98 valence electrons. The highest BCUT2D eigenvalue weighted by Gasteiger charge is 2.39. The molecule has 0 amide bonds. The van der Waals surface area contributed by atoms with Crippen molar-refractivity contribution in [2.24, 2.45) is 0 Å². The molecule has 1 heterocycles. The summed E-state index contributed by atoms with van der Waals surface area (Å²) in [7, 11) is 0.961. The van der Waals surface area contributed by atoms with E-state index in [1.165, 1.54) is 12.1 Å². The molecule has 0 aliphatic carbocycles. The average Bonchev–Trinajstić information content (AvgIpc) is 2.26. The number of halogens is 1. The summed E-state index contributed by atoms with van der Waals surface area (Å²) in [5, 5.41) is 0. The lowest BCUT2D eigenvalue weighted by Crippen LogP contribution is -2.52. The van der Waals surface area contributed by atoms with Gasteiger partial charge in [-0.2, -0.15) is 0 Å². The minimum Gasteiger partial charge on any atom is -0.497 e. The SMILES string of the molecule is COc1ccc(F)cc1B1O[C@H](C)CC(C)(C)O1. The van der Waals surface area contributed by atoms with Crippen molar-refractivity contribution >= 4 is 12.6 Å². The largest absolute Gasteiger partial charge is 0.498 e. The predicted molar refractivity (Wildman–Crippen MR) is 68.7 cm³/mol. The van der Waals surface area contributed by atoms with Gasteiger partial charge in [0.15, 0.2) is 0 Å². The maximum atomic E-state index is 13.4. The van der Waals surface area contributed by atoms with Gasteiger partial charge in [0.1, 0.15) is 11.6 Å². The quantitative estimate of drug-likeness (QED) is 0.754. The summed E-state index contributed by atoms with van der Waals surface area (Å²) in [4.78, 5) is 0. The van der Waals surface area contributed by atoms with Crippen LogP contribution in [0.25, 0.3) is 0 Å². The van der Waals surface area contributed by atoms with Gasteiger partial charge in [0.2, 0.25) is 0 Å². The topological polar surface area (TPSA) is 27.7 Å². The van der Waals surface area contributed by atoms with Gasteiger partial charge in [0.05, 0.1) is 12.7 Å². The van der Waals surface area contributed by atoms with E-state index < -0.39 is 7.12 Å². The van der Waals surface area contributed by atoms with E-state index in [4.69, 9.17) is 14.0 Å². The van der Waals surface area contributed by atoms with Crippen molar-refractivity contribution in [2.45, 2.75) is 38.9 Å². The molecule has 0 saturated carbocycles. The monoisotopic (exact) mass is 252 g/mol. The smallest absolute Gasteiger partial charge is 0.497 e. The fraction of sp³-hybridized carbons (Fsp3) is 0.538. The highest BCUT2D eigenvalue weighted by molar-refractivity contribution is 6.62. The van der Waals surface area contributed by atoms with E-state index in [1.54, 1.807) is 13.2 Å². The molecule has 0 N–H and O–H groups in total. The molecular weight excluding hydrogens is 234 g/mol. The third-order valence-electron chi connectivity index (χ3n) is 3.01. The highest BCUT2D eigenvalue weighted by atomic mass is 19.1. The van der Waals surface area contributed by atoms with Crippen LogP contribution in [0.1, 0.15) is 27.2 Å². The Hall–Kier alpha value is -1.07. The summed E-state index contributed by atoms with van der Waals surface area (Å²) in [5.41, 5.74) is 0.303. The summed E-state index contributed by atoms with van der Waals surface area (Å²) in [6.45, 7) is 6.00. The number of rotatable bonds is 2. The number of ether oxygens (including phenoxy) is 1. The summed E-state index contributed by atoms with van der Waals surface area (Å²) < 4.78 is 30.2. The fourth-order valence-electron chi connectivity index (χ4n) is 2.34. The van der Waals surface area contributed by atoms with Gasteiger partial charge >= 0.3 is 7.12 Å². The Kier molecular flexibility index (Phi) is 3.64. The molecule has 1 aromatic carbocycles. The molecule has 0 aromatic heterocycles. The first-order valence-electron chi connectivity index (χ1n) is 6.08. The molecule has 1 fully saturated rings. The second-order valence-corrected chi connectivity index (χ2v) is 5.25. The molecule has 0 radical (unpaired) electrons. The molecule has 1 aliphatic heterocycles. The van der Waals surface area contributed by atoms with Crippen LogP contribution < -0.4 is 10.2 Å². The van der Waals surface area contributed by atoms with E-state index in [0.717, 1.165) is 6.42 Å². The first-order valence-corrected chi connectivity index (χ1v) is 6.08. The first kappa shape index (κ1) is 13.4. The van der Waals surface area contributed by atoms with Gasteiger partial charge < -0.3 is 14.0 Å². The Balaban J connectivity index is 2.32. The number of hydrogen-bond donors (Lipinski definition) is 0. The van der Waals surface area contributed by atoms with Gasteiger partial charge in [0, 0.05) is 11.6 Å². The molecule has 0 spiro atoms. The van der Waals surface area contributed by atoms with Crippen LogP contribution in [0.15, 0.2) is 18.2 Å². The lowest BCUT2D eigenvalue weighted by Gasteiger charge is -2.38. The van der Waals surface area contributed by atoms with Crippen molar-refractivity contribution in [3.05, 3.63) is 24.0 Å². The Morgan fingerprint density at radius 1 is 1.44 bits per heavy atom. The van der Waals surface area contributed by atoms with Crippen molar-refractivity contribution in [3.63, 3.8) is 0 Å². The van der Waals surface area contributed by atoms with Crippen LogP contribution in [-0.4, -0.2) is 25.9 Å². The normalized spacial score (nSPS) is 22.9. The minimum atomic E-state index is -0.589. The zero-order chi connectivity index (χ0) is 13.3. The minimum absolute atomic E-state index is 0.0618. The third-order valence-corrected chi connectivity index (χ3v) is 3.01. The van der Waals surface area contributed by atoms with Crippen molar-refractivity contribution in [1.29, 1.82) is 0 Å². The Labute approximate surface area is 107 Å². The molecule has 1 aliphatic rings. The lowest BCUT2D eigenvalue weighted by molar-refractivity contribution is -0.0231. The average molecular weight is 252 g/mol. The zero-order valence-corrected chi connectivity index (χ0v) is 11.2. The second-order valence-electron chi connectivity index (χ2n) is 5.25. The van der Waals surface area contributed by atoms with Crippen LogP contribution in [0.5, 0.6) is 5.75 Å². The number of benzene rings is 1. The fourth-order valence-corrected chi connectivity index (χ4v) is 2.34. The van der Waals surface area contributed by atoms with E-state index in [1.807, 2.05) is 20.8 Å². The second kappa shape index (κ2) is 4.90. The van der Waals surface area contributed by atoms with Crippen LogP contribution in [-0.2, 0) is 9.31 Å². The van der Waals surface area contributed by atoms with Gasteiger partial charge in [-0.3, -0.25) is 0 Å². The van der Waals surface area contributed by atoms with Gasteiger partial charge in [-0.25, -0.2) is 4.39 Å². The molecule has 0 bridgehead atoms. The summed E-state index contributed by atoms with van der Waals surface area (Å²) in [6, 6.07) is 4.35. The molecule has 1 saturated heterocycles. The first-order chi connectivity index (χ1) is 8.41. The van der Waals surface area contributed by atoms with E-state index in [2.05, 4.69) is 0 Å². The molecule has 5 heteroatoms. The molecule has 1 atom stereocenters. The molecule has 2 rings (SSSR count). The highest BCUT2D eigenvalue weighted by Crippen LogP contribution is 2.27. The maximum absolute atomic E-state index is 13.4. The van der Waals surface area contributed by atoms with E-state index >= 15 is 0 Å². The molecule has 0 unspecified atom stereocenters. The Morgan fingerprint density at radius 3 is 2.78 bits per heavy atom.